The van der Waals surface area contributed by atoms with E-state index in [1.54, 1.807) is 0 Å². The van der Waals surface area contributed by atoms with Gasteiger partial charge >= 0.3 is 0 Å². The highest BCUT2D eigenvalue weighted by atomic mass is 32.2. The lowest BCUT2D eigenvalue weighted by molar-refractivity contribution is 0.0720. The van der Waals surface area contributed by atoms with E-state index in [4.69, 9.17) is 9.47 Å². The third-order valence-corrected chi connectivity index (χ3v) is 6.89. The molecule has 0 bridgehead atoms. The molecule has 0 heterocycles. The quantitative estimate of drug-likeness (QED) is 0.458. The lowest BCUT2D eigenvalue weighted by Gasteiger charge is -2.33. The predicted molar refractivity (Wildman–Crippen MR) is 119 cm³/mol. The van der Waals surface area contributed by atoms with Crippen molar-refractivity contribution in [1.82, 2.24) is 4.72 Å². The molecule has 0 saturated heterocycles. The third-order valence-electron chi connectivity index (χ3n) is 5.36. The Labute approximate surface area is 177 Å². The topological polar surface area (TPSA) is 64.6 Å². The summed E-state index contributed by atoms with van der Waals surface area (Å²) < 4.78 is 40.1. The lowest BCUT2D eigenvalue weighted by atomic mass is 9.86. The zero-order valence-electron chi connectivity index (χ0n) is 18.8. The fraction of sp³-hybridized carbons (Fsp3) is 0.739. The summed E-state index contributed by atoms with van der Waals surface area (Å²) in [7, 11) is -3.43. The second-order valence-electron chi connectivity index (χ2n) is 9.46. The van der Waals surface area contributed by atoms with E-state index < -0.39 is 15.6 Å². The van der Waals surface area contributed by atoms with Crippen molar-refractivity contribution in [2.24, 2.45) is 11.3 Å². The number of sulfonamides is 1. The van der Waals surface area contributed by atoms with Crippen LogP contribution in [0.1, 0.15) is 72.3 Å². The Morgan fingerprint density at radius 3 is 2.41 bits per heavy atom. The molecule has 0 radical (unpaired) electrons. The Hall–Kier alpha value is -1.11. The molecule has 2 rings (SSSR count). The monoisotopic (exact) mass is 425 g/mol. The average molecular weight is 426 g/mol. The fourth-order valence-electron chi connectivity index (χ4n) is 3.32. The van der Waals surface area contributed by atoms with Gasteiger partial charge in [0.05, 0.1) is 24.5 Å². The maximum Gasteiger partial charge on any atom is 0.212 e. The van der Waals surface area contributed by atoms with Gasteiger partial charge in [-0.05, 0) is 61.1 Å². The van der Waals surface area contributed by atoms with E-state index in [2.05, 4.69) is 25.5 Å². The maximum absolute atomic E-state index is 12.8. The van der Waals surface area contributed by atoms with Crippen LogP contribution < -0.4 is 9.46 Å². The number of nitrogens with one attached hydrogen (secondary N) is 1. The molecule has 1 N–H and O–H groups in total. The van der Waals surface area contributed by atoms with Crippen molar-refractivity contribution in [3.8, 4) is 5.75 Å². The van der Waals surface area contributed by atoms with Crippen LogP contribution in [0.5, 0.6) is 5.75 Å². The molecule has 0 unspecified atom stereocenters. The van der Waals surface area contributed by atoms with Gasteiger partial charge in [0.15, 0.2) is 0 Å². The van der Waals surface area contributed by atoms with Crippen LogP contribution >= 0.6 is 0 Å². The molecule has 0 spiro atoms. The molecule has 0 atom stereocenters. The Kier molecular flexibility index (Phi) is 8.56. The van der Waals surface area contributed by atoms with E-state index >= 15 is 0 Å². The van der Waals surface area contributed by atoms with E-state index in [9.17, 15) is 8.42 Å². The largest absolute Gasteiger partial charge is 0.493 e. The standard InChI is InChI=1S/C23H39NO4S/c1-6-23(7-2,20-10-8-11-21(16-20)28-17-19-12-13-19)24-29(25,26)15-9-14-27-18-22(3,4)5/h8,10-11,16,19,24H,6-7,9,12-15,17-18H2,1-5H3. The summed E-state index contributed by atoms with van der Waals surface area (Å²) in [5, 5.41) is 0. The Balaban J connectivity index is 2.00. The number of ether oxygens (including phenoxy) is 2. The molecule has 1 aliphatic carbocycles. The van der Waals surface area contributed by atoms with E-state index in [0.29, 0.717) is 38.4 Å². The number of hydrogen-bond donors (Lipinski definition) is 1. The van der Waals surface area contributed by atoms with Crippen LogP contribution in [-0.4, -0.2) is 34.0 Å². The van der Waals surface area contributed by atoms with Crippen molar-refractivity contribution in [3.05, 3.63) is 29.8 Å². The fourth-order valence-corrected chi connectivity index (χ4v) is 4.92. The number of benzene rings is 1. The molecule has 1 fully saturated rings. The van der Waals surface area contributed by atoms with Crippen LogP contribution in [0.25, 0.3) is 0 Å². The number of rotatable bonds is 13. The minimum atomic E-state index is -3.43. The molecule has 5 nitrogen and oxygen atoms in total. The summed E-state index contributed by atoms with van der Waals surface area (Å²) in [6.45, 7) is 12.2. The molecule has 166 valence electrons. The maximum atomic E-state index is 12.8. The Bertz CT molecular complexity index is 731. The molecule has 29 heavy (non-hydrogen) atoms. The second kappa shape index (κ2) is 10.3. The molecular weight excluding hydrogens is 386 g/mol. The average Bonchev–Trinajstić information content (AvgIpc) is 3.48. The van der Waals surface area contributed by atoms with E-state index in [1.807, 2.05) is 38.1 Å². The summed E-state index contributed by atoms with van der Waals surface area (Å²) in [5.41, 5.74) is 0.427. The van der Waals surface area contributed by atoms with Gasteiger partial charge in [-0.1, -0.05) is 46.8 Å². The number of hydrogen-bond acceptors (Lipinski definition) is 4. The summed E-state index contributed by atoms with van der Waals surface area (Å²) >= 11 is 0. The first-order chi connectivity index (χ1) is 13.6. The first-order valence-electron chi connectivity index (χ1n) is 10.9. The van der Waals surface area contributed by atoms with Gasteiger partial charge in [-0.25, -0.2) is 13.1 Å². The predicted octanol–water partition coefficient (Wildman–Crippen LogP) is 4.86. The Morgan fingerprint density at radius 2 is 1.83 bits per heavy atom. The molecular formula is C23H39NO4S. The van der Waals surface area contributed by atoms with E-state index in [-0.39, 0.29) is 11.2 Å². The van der Waals surface area contributed by atoms with E-state index in [1.165, 1.54) is 12.8 Å². The van der Waals surface area contributed by atoms with Crippen molar-refractivity contribution < 1.29 is 17.9 Å². The van der Waals surface area contributed by atoms with Crippen LogP contribution in [0.4, 0.5) is 0 Å². The summed E-state index contributed by atoms with van der Waals surface area (Å²) in [6.07, 6.45) is 4.32. The van der Waals surface area contributed by atoms with Crippen molar-refractivity contribution in [2.75, 3.05) is 25.6 Å². The van der Waals surface area contributed by atoms with Crippen LogP contribution in [0, 0.1) is 11.3 Å². The van der Waals surface area contributed by atoms with Gasteiger partial charge < -0.3 is 9.47 Å². The zero-order valence-corrected chi connectivity index (χ0v) is 19.6. The molecule has 0 aromatic heterocycles. The zero-order chi connectivity index (χ0) is 21.5. The smallest absolute Gasteiger partial charge is 0.212 e. The van der Waals surface area contributed by atoms with E-state index in [0.717, 1.165) is 17.9 Å². The van der Waals surface area contributed by atoms with Crippen LogP contribution in [0.3, 0.4) is 0 Å². The van der Waals surface area contributed by atoms with Crippen LogP contribution in [0.2, 0.25) is 0 Å². The van der Waals surface area contributed by atoms with Gasteiger partial charge in [0.2, 0.25) is 10.0 Å². The lowest BCUT2D eigenvalue weighted by Crippen LogP contribution is -2.46. The summed E-state index contributed by atoms with van der Waals surface area (Å²) in [6, 6.07) is 7.88. The molecule has 1 saturated carbocycles. The minimum Gasteiger partial charge on any atom is -0.493 e. The van der Waals surface area contributed by atoms with Crippen molar-refractivity contribution in [2.45, 2.75) is 72.3 Å². The second-order valence-corrected chi connectivity index (χ2v) is 11.3. The SMILES string of the molecule is CCC(CC)(NS(=O)(=O)CCCOCC(C)(C)C)c1cccc(OCC2CC2)c1. The highest BCUT2D eigenvalue weighted by Crippen LogP contribution is 2.33. The van der Waals surface area contributed by atoms with Crippen LogP contribution in [-0.2, 0) is 20.3 Å². The van der Waals surface area contributed by atoms with Crippen LogP contribution in [0.15, 0.2) is 24.3 Å². The van der Waals surface area contributed by atoms with Gasteiger partial charge in [-0.3, -0.25) is 0 Å². The normalized spacial score (nSPS) is 15.5. The van der Waals surface area contributed by atoms with Gasteiger partial charge in [0, 0.05) is 6.61 Å². The van der Waals surface area contributed by atoms with Gasteiger partial charge in [-0.15, -0.1) is 0 Å². The molecule has 6 heteroatoms. The molecule has 0 amide bonds. The summed E-state index contributed by atoms with van der Waals surface area (Å²) in [5.74, 6) is 1.56. The first kappa shape index (κ1) is 24.2. The van der Waals surface area contributed by atoms with Crippen molar-refractivity contribution >= 4 is 10.0 Å². The van der Waals surface area contributed by atoms with Crippen molar-refractivity contribution in [1.29, 1.82) is 0 Å². The van der Waals surface area contributed by atoms with Crippen molar-refractivity contribution in [3.63, 3.8) is 0 Å². The summed E-state index contributed by atoms with van der Waals surface area (Å²) in [4.78, 5) is 0. The Morgan fingerprint density at radius 1 is 1.14 bits per heavy atom. The molecule has 1 aromatic carbocycles. The van der Waals surface area contributed by atoms with Gasteiger partial charge in [0.25, 0.3) is 0 Å². The van der Waals surface area contributed by atoms with Gasteiger partial charge in [0.1, 0.15) is 5.75 Å². The van der Waals surface area contributed by atoms with Gasteiger partial charge in [-0.2, -0.15) is 0 Å². The molecule has 1 aliphatic rings. The molecule has 1 aromatic rings. The first-order valence-corrected chi connectivity index (χ1v) is 12.6. The highest BCUT2D eigenvalue weighted by molar-refractivity contribution is 7.89. The highest BCUT2D eigenvalue weighted by Gasteiger charge is 2.33. The molecule has 0 aliphatic heterocycles. The minimum absolute atomic E-state index is 0.0662. The third kappa shape index (κ3) is 8.27.